The summed E-state index contributed by atoms with van der Waals surface area (Å²) in [5.41, 5.74) is 0.869. The van der Waals surface area contributed by atoms with Crippen LogP contribution >= 0.6 is 23.5 Å². The van der Waals surface area contributed by atoms with Crippen LogP contribution in [0.25, 0.3) is 0 Å². The van der Waals surface area contributed by atoms with E-state index in [4.69, 9.17) is 0 Å². The Morgan fingerprint density at radius 3 is 2.90 bits per heavy atom. The molecule has 1 aromatic heterocycles. The van der Waals surface area contributed by atoms with E-state index in [1.807, 2.05) is 42.1 Å². The number of aromatic nitrogens is 3. The van der Waals surface area contributed by atoms with Crippen molar-refractivity contribution in [3.63, 3.8) is 0 Å². The first-order valence-corrected chi connectivity index (χ1v) is 8.31. The Morgan fingerprint density at radius 1 is 1.40 bits per heavy atom. The van der Waals surface area contributed by atoms with E-state index in [1.165, 1.54) is 11.8 Å². The third-order valence-corrected chi connectivity index (χ3v) is 4.44. The summed E-state index contributed by atoms with van der Waals surface area (Å²) in [7, 11) is 1.89. The number of thioether (sulfide) groups is 2. The number of para-hydroxylation sites is 1. The number of aryl methyl sites for hydroxylation is 1. The number of carbonyl (C=O) groups excluding carboxylic acids is 1. The summed E-state index contributed by atoms with van der Waals surface area (Å²) in [5, 5.41) is 11.5. The fourth-order valence-corrected chi connectivity index (χ4v) is 2.98. The maximum Gasteiger partial charge on any atom is 0.225 e. The molecule has 2 rings (SSSR count). The van der Waals surface area contributed by atoms with E-state index in [9.17, 15) is 4.79 Å². The van der Waals surface area contributed by atoms with Crippen molar-refractivity contribution in [3.8, 4) is 0 Å². The Morgan fingerprint density at radius 2 is 2.20 bits per heavy atom. The highest BCUT2D eigenvalue weighted by Crippen LogP contribution is 2.24. The molecule has 0 radical (unpaired) electrons. The average molecular weight is 308 g/mol. The van der Waals surface area contributed by atoms with Gasteiger partial charge >= 0.3 is 0 Å². The van der Waals surface area contributed by atoms with E-state index >= 15 is 0 Å². The lowest BCUT2D eigenvalue weighted by molar-refractivity contribution is -0.115. The maximum absolute atomic E-state index is 11.9. The first-order chi connectivity index (χ1) is 9.70. The fraction of sp³-hybridized carbons (Fsp3) is 0.308. The highest BCUT2D eigenvalue weighted by atomic mass is 32.2. The molecule has 2 aromatic rings. The highest BCUT2D eigenvalue weighted by Gasteiger charge is 2.07. The molecular weight excluding hydrogens is 292 g/mol. The number of anilines is 1. The largest absolute Gasteiger partial charge is 0.325 e. The van der Waals surface area contributed by atoms with E-state index < -0.39 is 0 Å². The number of carbonyl (C=O) groups is 1. The summed E-state index contributed by atoms with van der Waals surface area (Å²) in [6.07, 6.45) is 4.09. The number of rotatable bonds is 6. The summed E-state index contributed by atoms with van der Waals surface area (Å²) >= 11 is 3.15. The molecule has 1 aromatic carbocycles. The predicted octanol–water partition coefficient (Wildman–Crippen LogP) is 2.66. The molecule has 0 aliphatic carbocycles. The Kier molecular flexibility index (Phi) is 5.49. The van der Waals surface area contributed by atoms with Crippen LogP contribution in [0.1, 0.15) is 6.42 Å². The lowest BCUT2D eigenvalue weighted by atomic mass is 10.3. The fourth-order valence-electron chi connectivity index (χ4n) is 1.60. The molecule has 20 heavy (non-hydrogen) atoms. The molecule has 106 valence electrons. The van der Waals surface area contributed by atoms with E-state index in [1.54, 1.807) is 18.1 Å². The molecule has 1 N–H and O–H groups in total. The van der Waals surface area contributed by atoms with Gasteiger partial charge in [0.1, 0.15) is 6.33 Å². The molecule has 1 amide bonds. The van der Waals surface area contributed by atoms with Crippen molar-refractivity contribution in [2.24, 2.45) is 7.05 Å². The quantitative estimate of drug-likeness (QED) is 0.831. The van der Waals surface area contributed by atoms with Crippen molar-refractivity contribution < 1.29 is 4.79 Å². The molecule has 5 nitrogen and oxygen atoms in total. The van der Waals surface area contributed by atoms with Gasteiger partial charge in [0.15, 0.2) is 5.16 Å². The summed E-state index contributed by atoms with van der Waals surface area (Å²) in [6.45, 7) is 0. The number of hydrogen-bond acceptors (Lipinski definition) is 5. The zero-order valence-corrected chi connectivity index (χ0v) is 13.0. The van der Waals surface area contributed by atoms with Crippen molar-refractivity contribution in [2.45, 2.75) is 16.5 Å². The molecule has 0 bridgehead atoms. The molecule has 1 heterocycles. The minimum absolute atomic E-state index is 0.0150. The lowest BCUT2D eigenvalue weighted by Crippen LogP contribution is -2.12. The molecule has 0 saturated carbocycles. The second-order valence-electron chi connectivity index (χ2n) is 4.07. The van der Waals surface area contributed by atoms with Gasteiger partial charge in [0.25, 0.3) is 0 Å². The highest BCUT2D eigenvalue weighted by molar-refractivity contribution is 7.99. The van der Waals surface area contributed by atoms with Crippen LogP contribution < -0.4 is 5.32 Å². The SMILES string of the molecule is CSc1ccccc1NC(=O)CCSc1nncn1C. The summed E-state index contributed by atoms with van der Waals surface area (Å²) in [6, 6.07) is 7.79. The summed E-state index contributed by atoms with van der Waals surface area (Å²) in [4.78, 5) is 13.0. The van der Waals surface area contributed by atoms with Crippen molar-refractivity contribution in [2.75, 3.05) is 17.3 Å². The Labute approximate surface area is 126 Å². The molecular formula is C13H16N4OS2. The zero-order chi connectivity index (χ0) is 14.4. The van der Waals surface area contributed by atoms with Crippen molar-refractivity contribution >= 4 is 35.1 Å². The topological polar surface area (TPSA) is 59.8 Å². The van der Waals surface area contributed by atoms with Gasteiger partial charge in [-0.1, -0.05) is 23.9 Å². The third kappa shape index (κ3) is 4.01. The second-order valence-corrected chi connectivity index (χ2v) is 5.98. The molecule has 0 unspecified atom stereocenters. The molecule has 0 saturated heterocycles. The lowest BCUT2D eigenvalue weighted by Gasteiger charge is -2.08. The van der Waals surface area contributed by atoms with Gasteiger partial charge in [-0.25, -0.2) is 0 Å². The third-order valence-electron chi connectivity index (χ3n) is 2.61. The number of nitrogens with zero attached hydrogens (tertiary/aromatic N) is 3. The standard InChI is InChI=1S/C13H16N4OS2/c1-17-9-14-16-13(17)20-8-7-12(18)15-10-5-3-4-6-11(10)19-2/h3-6,9H,7-8H2,1-2H3,(H,15,18). The molecule has 0 fully saturated rings. The zero-order valence-electron chi connectivity index (χ0n) is 11.4. The van der Waals surface area contributed by atoms with Crippen molar-refractivity contribution in [1.82, 2.24) is 14.8 Å². The van der Waals surface area contributed by atoms with Crippen LogP contribution in [0.15, 0.2) is 40.6 Å². The summed E-state index contributed by atoms with van der Waals surface area (Å²) < 4.78 is 1.84. The monoisotopic (exact) mass is 308 g/mol. The van der Waals surface area contributed by atoms with Gasteiger partial charge in [-0.3, -0.25) is 4.79 Å². The van der Waals surface area contributed by atoms with Crippen LogP contribution in [0, 0.1) is 0 Å². The van der Waals surface area contributed by atoms with Crippen molar-refractivity contribution in [3.05, 3.63) is 30.6 Å². The maximum atomic E-state index is 11.9. The summed E-state index contributed by atoms with van der Waals surface area (Å²) in [5.74, 6) is 0.695. The second kappa shape index (κ2) is 7.35. The van der Waals surface area contributed by atoms with E-state index in [-0.39, 0.29) is 5.91 Å². The molecule has 0 spiro atoms. The first kappa shape index (κ1) is 14.9. The molecule has 7 heteroatoms. The van der Waals surface area contributed by atoms with Crippen LogP contribution in [-0.2, 0) is 11.8 Å². The number of hydrogen-bond donors (Lipinski definition) is 1. The van der Waals surface area contributed by atoms with Gasteiger partial charge in [0.05, 0.1) is 5.69 Å². The molecule has 0 atom stereocenters. The Balaban J connectivity index is 1.82. The Hall–Kier alpha value is -1.47. The normalized spacial score (nSPS) is 10.5. The van der Waals surface area contributed by atoms with Gasteiger partial charge in [0.2, 0.25) is 5.91 Å². The van der Waals surface area contributed by atoms with Crippen LogP contribution in [-0.4, -0.2) is 32.7 Å². The Bertz CT molecular complexity index is 585. The van der Waals surface area contributed by atoms with Crippen LogP contribution in [0.4, 0.5) is 5.69 Å². The minimum atomic E-state index is 0.0150. The van der Waals surface area contributed by atoms with Gasteiger partial charge in [-0.2, -0.15) is 0 Å². The van der Waals surface area contributed by atoms with Crippen LogP contribution in [0.5, 0.6) is 0 Å². The smallest absolute Gasteiger partial charge is 0.225 e. The number of benzene rings is 1. The van der Waals surface area contributed by atoms with E-state index in [0.717, 1.165) is 15.7 Å². The number of amides is 1. The van der Waals surface area contributed by atoms with Crippen molar-refractivity contribution in [1.29, 1.82) is 0 Å². The predicted molar refractivity (Wildman–Crippen MR) is 83.2 cm³/mol. The average Bonchev–Trinajstić information content (AvgIpc) is 2.85. The van der Waals surface area contributed by atoms with Gasteiger partial charge < -0.3 is 9.88 Å². The number of nitrogens with one attached hydrogen (secondary N) is 1. The van der Waals surface area contributed by atoms with Crippen LogP contribution in [0.2, 0.25) is 0 Å². The molecule has 0 aliphatic rings. The van der Waals surface area contributed by atoms with Gasteiger partial charge in [-0.05, 0) is 18.4 Å². The van der Waals surface area contributed by atoms with Gasteiger partial charge in [0, 0.05) is 24.1 Å². The van der Waals surface area contributed by atoms with E-state index in [2.05, 4.69) is 15.5 Å². The van der Waals surface area contributed by atoms with E-state index in [0.29, 0.717) is 12.2 Å². The van der Waals surface area contributed by atoms with Crippen LogP contribution in [0.3, 0.4) is 0 Å². The molecule has 0 aliphatic heterocycles. The first-order valence-electron chi connectivity index (χ1n) is 6.10. The minimum Gasteiger partial charge on any atom is -0.325 e. The van der Waals surface area contributed by atoms with Gasteiger partial charge in [-0.15, -0.1) is 22.0 Å².